The van der Waals surface area contributed by atoms with Crippen molar-refractivity contribution in [2.24, 2.45) is 5.41 Å². The first-order valence-electron chi connectivity index (χ1n) is 4.69. The van der Waals surface area contributed by atoms with Crippen LogP contribution in [0.1, 0.15) is 41.0 Å². The quantitative estimate of drug-likeness (QED) is 0.637. The van der Waals surface area contributed by atoms with E-state index in [1.165, 1.54) is 0 Å². The van der Waals surface area contributed by atoms with E-state index in [0.29, 0.717) is 0 Å². The van der Waals surface area contributed by atoms with Gasteiger partial charge >= 0.3 is 0 Å². The molecule has 12 heavy (non-hydrogen) atoms. The molecular formula is C10H20O2. The first-order valence-corrected chi connectivity index (χ1v) is 4.69. The fourth-order valence-electron chi connectivity index (χ4n) is 1.30. The molecule has 0 bridgehead atoms. The zero-order chi connectivity index (χ0) is 9.41. The van der Waals surface area contributed by atoms with E-state index >= 15 is 0 Å². The third-order valence-electron chi connectivity index (χ3n) is 2.79. The monoisotopic (exact) mass is 172 g/mol. The molecule has 0 spiro atoms. The van der Waals surface area contributed by atoms with Crippen molar-refractivity contribution < 1.29 is 9.47 Å². The van der Waals surface area contributed by atoms with Crippen molar-refractivity contribution in [1.29, 1.82) is 0 Å². The summed E-state index contributed by atoms with van der Waals surface area (Å²) in [6.45, 7) is 11.3. The number of ether oxygens (including phenoxy) is 2. The maximum absolute atomic E-state index is 5.78. The zero-order valence-corrected chi connectivity index (χ0v) is 8.81. The molecule has 1 aliphatic rings. The SMILES string of the molecule is CCC(C)(C)C1COC(C)(C)O1. The fourth-order valence-corrected chi connectivity index (χ4v) is 1.30. The second-order valence-corrected chi connectivity index (χ2v) is 4.66. The van der Waals surface area contributed by atoms with E-state index in [1.54, 1.807) is 0 Å². The molecule has 1 atom stereocenters. The summed E-state index contributed by atoms with van der Waals surface area (Å²) in [6.07, 6.45) is 1.37. The Morgan fingerprint density at radius 2 is 2.00 bits per heavy atom. The summed E-state index contributed by atoms with van der Waals surface area (Å²) < 4.78 is 11.3. The van der Waals surface area contributed by atoms with Crippen LogP contribution in [0.15, 0.2) is 0 Å². The van der Waals surface area contributed by atoms with Crippen molar-refractivity contribution in [3.63, 3.8) is 0 Å². The Balaban J connectivity index is 2.58. The van der Waals surface area contributed by atoms with Gasteiger partial charge in [0.15, 0.2) is 5.79 Å². The molecule has 2 heteroatoms. The van der Waals surface area contributed by atoms with Gasteiger partial charge in [0.05, 0.1) is 12.7 Å². The van der Waals surface area contributed by atoms with Crippen LogP contribution in [0.2, 0.25) is 0 Å². The zero-order valence-electron chi connectivity index (χ0n) is 8.81. The summed E-state index contributed by atoms with van der Waals surface area (Å²) in [5.41, 5.74) is 0.230. The molecule has 0 saturated carbocycles. The lowest BCUT2D eigenvalue weighted by Crippen LogP contribution is -2.32. The Kier molecular flexibility index (Phi) is 2.50. The number of hydrogen-bond donors (Lipinski definition) is 0. The first kappa shape index (κ1) is 10.0. The van der Waals surface area contributed by atoms with Gasteiger partial charge in [-0.1, -0.05) is 20.8 Å². The number of rotatable bonds is 2. The van der Waals surface area contributed by atoms with Crippen molar-refractivity contribution in [3.05, 3.63) is 0 Å². The van der Waals surface area contributed by atoms with Gasteiger partial charge in [-0.05, 0) is 25.7 Å². The Bertz CT molecular complexity index is 161. The average Bonchev–Trinajstić information content (AvgIpc) is 2.31. The highest BCUT2D eigenvalue weighted by atomic mass is 16.7. The summed E-state index contributed by atoms with van der Waals surface area (Å²) in [5, 5.41) is 0. The second-order valence-electron chi connectivity index (χ2n) is 4.66. The molecule has 72 valence electrons. The highest BCUT2D eigenvalue weighted by Crippen LogP contribution is 2.35. The Morgan fingerprint density at radius 1 is 1.42 bits per heavy atom. The van der Waals surface area contributed by atoms with Crippen LogP contribution in [-0.2, 0) is 9.47 Å². The molecule has 0 aliphatic carbocycles. The molecule has 0 aromatic rings. The molecule has 1 unspecified atom stereocenters. The van der Waals surface area contributed by atoms with E-state index in [9.17, 15) is 0 Å². The molecule has 0 N–H and O–H groups in total. The van der Waals surface area contributed by atoms with Crippen LogP contribution < -0.4 is 0 Å². The lowest BCUT2D eigenvalue weighted by atomic mass is 9.84. The molecule has 1 rings (SSSR count). The summed E-state index contributed by atoms with van der Waals surface area (Å²) in [4.78, 5) is 0. The molecule has 2 nitrogen and oxygen atoms in total. The lowest BCUT2D eigenvalue weighted by molar-refractivity contribution is -0.151. The van der Waals surface area contributed by atoms with Crippen molar-refractivity contribution in [3.8, 4) is 0 Å². The van der Waals surface area contributed by atoms with Gasteiger partial charge in [0.1, 0.15) is 0 Å². The van der Waals surface area contributed by atoms with E-state index in [1.807, 2.05) is 13.8 Å². The normalized spacial score (nSPS) is 29.2. The molecule has 0 aromatic heterocycles. The van der Waals surface area contributed by atoms with E-state index in [0.717, 1.165) is 13.0 Å². The Morgan fingerprint density at radius 3 is 2.33 bits per heavy atom. The maximum atomic E-state index is 5.78. The molecule has 1 saturated heterocycles. The Hall–Kier alpha value is -0.0800. The third kappa shape index (κ3) is 1.99. The standard InChI is InChI=1S/C10H20O2/c1-6-9(2,3)8-7-11-10(4,5)12-8/h8H,6-7H2,1-5H3. The van der Waals surface area contributed by atoms with Crippen molar-refractivity contribution in [2.45, 2.75) is 52.9 Å². The van der Waals surface area contributed by atoms with Gasteiger partial charge < -0.3 is 9.47 Å². The minimum absolute atomic E-state index is 0.230. The van der Waals surface area contributed by atoms with Gasteiger partial charge in [-0.2, -0.15) is 0 Å². The predicted octanol–water partition coefficient (Wildman–Crippen LogP) is 2.57. The maximum Gasteiger partial charge on any atom is 0.163 e. The molecule has 1 fully saturated rings. The van der Waals surface area contributed by atoms with Crippen LogP contribution in [0.3, 0.4) is 0 Å². The van der Waals surface area contributed by atoms with E-state index in [-0.39, 0.29) is 17.3 Å². The summed E-state index contributed by atoms with van der Waals surface area (Å²) in [5.74, 6) is -0.378. The summed E-state index contributed by atoms with van der Waals surface area (Å²) in [6, 6.07) is 0. The summed E-state index contributed by atoms with van der Waals surface area (Å²) >= 11 is 0. The van der Waals surface area contributed by atoms with Gasteiger partial charge in [-0.15, -0.1) is 0 Å². The van der Waals surface area contributed by atoms with Gasteiger partial charge in [0.2, 0.25) is 0 Å². The molecule has 0 aromatic carbocycles. The van der Waals surface area contributed by atoms with E-state index in [4.69, 9.17) is 9.47 Å². The highest BCUT2D eigenvalue weighted by molar-refractivity contribution is 4.83. The lowest BCUT2D eigenvalue weighted by Gasteiger charge is -2.29. The van der Waals surface area contributed by atoms with Crippen molar-refractivity contribution >= 4 is 0 Å². The largest absolute Gasteiger partial charge is 0.348 e. The van der Waals surface area contributed by atoms with Crippen molar-refractivity contribution in [1.82, 2.24) is 0 Å². The van der Waals surface area contributed by atoms with Gasteiger partial charge in [-0.3, -0.25) is 0 Å². The van der Waals surface area contributed by atoms with Crippen molar-refractivity contribution in [2.75, 3.05) is 6.61 Å². The van der Waals surface area contributed by atoms with Crippen LogP contribution >= 0.6 is 0 Å². The summed E-state index contributed by atoms with van der Waals surface area (Å²) in [7, 11) is 0. The minimum Gasteiger partial charge on any atom is -0.348 e. The Labute approximate surface area is 75.2 Å². The van der Waals surface area contributed by atoms with Crippen LogP contribution in [0, 0.1) is 5.41 Å². The van der Waals surface area contributed by atoms with E-state index in [2.05, 4.69) is 20.8 Å². The van der Waals surface area contributed by atoms with Gasteiger partial charge in [-0.25, -0.2) is 0 Å². The van der Waals surface area contributed by atoms with Crippen LogP contribution in [0.5, 0.6) is 0 Å². The molecule has 1 heterocycles. The molecule has 0 radical (unpaired) electrons. The fraction of sp³-hybridized carbons (Fsp3) is 1.00. The van der Waals surface area contributed by atoms with Crippen LogP contribution in [0.25, 0.3) is 0 Å². The molecular weight excluding hydrogens is 152 g/mol. The minimum atomic E-state index is -0.378. The van der Waals surface area contributed by atoms with Gasteiger partial charge in [0.25, 0.3) is 0 Å². The second kappa shape index (κ2) is 3.00. The predicted molar refractivity (Wildman–Crippen MR) is 49.0 cm³/mol. The third-order valence-corrected chi connectivity index (χ3v) is 2.79. The van der Waals surface area contributed by atoms with Gasteiger partial charge in [0, 0.05) is 0 Å². The average molecular weight is 172 g/mol. The smallest absolute Gasteiger partial charge is 0.163 e. The molecule has 1 aliphatic heterocycles. The number of hydrogen-bond acceptors (Lipinski definition) is 2. The van der Waals surface area contributed by atoms with Crippen LogP contribution in [-0.4, -0.2) is 18.5 Å². The molecule has 0 amide bonds. The first-order chi connectivity index (χ1) is 5.37. The highest BCUT2D eigenvalue weighted by Gasteiger charge is 2.40. The van der Waals surface area contributed by atoms with Crippen LogP contribution in [0.4, 0.5) is 0 Å². The topological polar surface area (TPSA) is 18.5 Å². The van der Waals surface area contributed by atoms with E-state index < -0.39 is 0 Å².